The van der Waals surface area contributed by atoms with Gasteiger partial charge in [-0.25, -0.2) is 0 Å². The van der Waals surface area contributed by atoms with Crippen LogP contribution in [0.15, 0.2) is 27.8 Å². The van der Waals surface area contributed by atoms with Crippen LogP contribution in [0.4, 0.5) is 0 Å². The maximum atomic E-state index is 11.7. The third-order valence-electron chi connectivity index (χ3n) is 2.43. The molecule has 0 saturated heterocycles. The van der Waals surface area contributed by atoms with Crippen molar-refractivity contribution in [3.8, 4) is 5.75 Å². The first-order valence-corrected chi connectivity index (χ1v) is 6.54. The summed E-state index contributed by atoms with van der Waals surface area (Å²) in [5.74, 6) is -0.321. The Kier molecular flexibility index (Phi) is 6.31. The maximum Gasteiger partial charge on any atom is 0.269 e. The van der Waals surface area contributed by atoms with Crippen LogP contribution >= 0.6 is 15.9 Å². The molecule has 19 heavy (non-hydrogen) atoms. The van der Waals surface area contributed by atoms with Crippen molar-refractivity contribution in [3.63, 3.8) is 0 Å². The van der Waals surface area contributed by atoms with Gasteiger partial charge in [-0.05, 0) is 46.6 Å². The Labute approximate surface area is 119 Å². The predicted octanol–water partition coefficient (Wildman–Crippen LogP) is 0.992. The summed E-state index contributed by atoms with van der Waals surface area (Å²) < 4.78 is 0.519. The van der Waals surface area contributed by atoms with Gasteiger partial charge in [-0.3, -0.25) is 4.79 Å². The molecule has 0 atom stereocenters. The number of aromatic hydroxyl groups is 1. The van der Waals surface area contributed by atoms with E-state index in [9.17, 15) is 9.90 Å². The van der Waals surface area contributed by atoms with Gasteiger partial charge in [0.15, 0.2) is 0 Å². The molecule has 0 fully saturated rings. The molecule has 1 amide bonds. The lowest BCUT2D eigenvalue weighted by Gasteiger charge is -2.07. The molecule has 0 aliphatic heterocycles. The number of hydrogen-bond donors (Lipinski definition) is 4. The number of phenols is 1. The van der Waals surface area contributed by atoms with E-state index >= 15 is 0 Å². The van der Waals surface area contributed by atoms with Crippen molar-refractivity contribution in [2.75, 3.05) is 13.1 Å². The second-order valence-electron chi connectivity index (χ2n) is 3.91. The van der Waals surface area contributed by atoms with Gasteiger partial charge in [-0.1, -0.05) is 11.2 Å². The van der Waals surface area contributed by atoms with Crippen LogP contribution < -0.4 is 11.1 Å². The van der Waals surface area contributed by atoms with E-state index < -0.39 is 5.91 Å². The zero-order valence-corrected chi connectivity index (χ0v) is 11.9. The molecule has 0 unspecified atom stereocenters. The highest BCUT2D eigenvalue weighted by atomic mass is 79.9. The van der Waals surface area contributed by atoms with E-state index in [1.165, 1.54) is 6.07 Å². The van der Waals surface area contributed by atoms with Gasteiger partial charge in [-0.15, -0.1) is 0 Å². The van der Waals surface area contributed by atoms with Gasteiger partial charge in [0.05, 0.1) is 4.47 Å². The monoisotopic (exact) mass is 329 g/mol. The number of oxime groups is 1. The number of amides is 1. The van der Waals surface area contributed by atoms with Crippen LogP contribution in [0.3, 0.4) is 0 Å². The van der Waals surface area contributed by atoms with Gasteiger partial charge < -0.3 is 21.4 Å². The minimum Gasteiger partial charge on any atom is -0.507 e. The van der Waals surface area contributed by atoms with E-state index in [4.69, 9.17) is 10.9 Å². The average Bonchev–Trinajstić information content (AvgIpc) is 2.40. The summed E-state index contributed by atoms with van der Waals surface area (Å²) in [5, 5.41) is 23.9. The number of rotatable bonds is 6. The second-order valence-corrected chi connectivity index (χ2v) is 4.76. The molecule has 1 aromatic carbocycles. The fourth-order valence-corrected chi connectivity index (χ4v) is 1.85. The highest BCUT2D eigenvalue weighted by Crippen LogP contribution is 2.24. The maximum absolute atomic E-state index is 11.7. The molecule has 0 spiro atoms. The van der Waals surface area contributed by atoms with E-state index in [1.54, 1.807) is 12.1 Å². The lowest BCUT2D eigenvalue weighted by molar-refractivity contribution is -0.115. The summed E-state index contributed by atoms with van der Waals surface area (Å²) in [6.45, 7) is 0.921. The van der Waals surface area contributed by atoms with Crippen LogP contribution in [0.5, 0.6) is 5.75 Å². The molecule has 5 N–H and O–H groups in total. The summed E-state index contributed by atoms with van der Waals surface area (Å²) in [4.78, 5) is 11.7. The molecule has 104 valence electrons. The van der Waals surface area contributed by atoms with Crippen molar-refractivity contribution >= 4 is 27.5 Å². The van der Waals surface area contributed by atoms with E-state index in [2.05, 4.69) is 26.4 Å². The standard InChI is InChI=1S/C12H16BrN3O3/c13-9-6-8(2-3-11(9)17)7-10(16-19)12(18)15-5-1-4-14/h2-3,6,17,19H,1,4-5,7,14H2,(H,15,18)/b16-10+. The van der Waals surface area contributed by atoms with Crippen LogP contribution in [0.25, 0.3) is 0 Å². The fraction of sp³-hybridized carbons (Fsp3) is 0.333. The van der Waals surface area contributed by atoms with Gasteiger partial charge in [0.1, 0.15) is 11.5 Å². The van der Waals surface area contributed by atoms with E-state index in [1.807, 2.05) is 0 Å². The first-order chi connectivity index (χ1) is 9.08. The molecule has 0 heterocycles. The molecule has 0 aliphatic rings. The minimum absolute atomic E-state index is 0.00890. The van der Waals surface area contributed by atoms with Crippen LogP contribution in [-0.4, -0.2) is 35.0 Å². The summed E-state index contributed by atoms with van der Waals surface area (Å²) in [6.07, 6.45) is 0.832. The smallest absolute Gasteiger partial charge is 0.269 e. The number of hydrogen-bond acceptors (Lipinski definition) is 5. The average molecular weight is 330 g/mol. The molecule has 1 rings (SSSR count). The Hall–Kier alpha value is -1.60. The number of carbonyl (C=O) groups excluding carboxylic acids is 1. The minimum atomic E-state index is -0.430. The van der Waals surface area contributed by atoms with Gasteiger partial charge >= 0.3 is 0 Å². The lowest BCUT2D eigenvalue weighted by Crippen LogP contribution is -2.33. The summed E-state index contributed by atoms with van der Waals surface area (Å²) in [5.41, 5.74) is 6.07. The van der Waals surface area contributed by atoms with Gasteiger partial charge in [0, 0.05) is 13.0 Å². The first-order valence-electron chi connectivity index (χ1n) is 5.75. The number of benzene rings is 1. The molecule has 0 bridgehead atoms. The number of phenolic OH excluding ortho intramolecular Hbond substituents is 1. The quantitative estimate of drug-likeness (QED) is 0.270. The molecule has 1 aromatic rings. The lowest BCUT2D eigenvalue weighted by atomic mass is 10.1. The number of carbonyl (C=O) groups is 1. The zero-order chi connectivity index (χ0) is 14.3. The van der Waals surface area contributed by atoms with Crippen LogP contribution in [-0.2, 0) is 11.2 Å². The van der Waals surface area contributed by atoms with Crippen molar-refractivity contribution in [3.05, 3.63) is 28.2 Å². The Morgan fingerprint density at radius 3 is 2.79 bits per heavy atom. The summed E-state index contributed by atoms with van der Waals surface area (Å²) in [6, 6.07) is 4.81. The van der Waals surface area contributed by atoms with Gasteiger partial charge in [-0.2, -0.15) is 0 Å². The summed E-state index contributed by atoms with van der Waals surface area (Å²) in [7, 11) is 0. The van der Waals surface area contributed by atoms with Crippen molar-refractivity contribution in [2.24, 2.45) is 10.9 Å². The van der Waals surface area contributed by atoms with E-state index in [0.717, 1.165) is 5.56 Å². The van der Waals surface area contributed by atoms with Crippen LogP contribution in [0, 0.1) is 0 Å². The van der Waals surface area contributed by atoms with Crippen molar-refractivity contribution < 1.29 is 15.1 Å². The van der Waals surface area contributed by atoms with Gasteiger partial charge in [0.2, 0.25) is 0 Å². The van der Waals surface area contributed by atoms with Crippen LogP contribution in [0.1, 0.15) is 12.0 Å². The summed E-state index contributed by atoms with van der Waals surface area (Å²) >= 11 is 3.18. The molecular weight excluding hydrogens is 314 g/mol. The largest absolute Gasteiger partial charge is 0.507 e. The van der Waals surface area contributed by atoms with E-state index in [0.29, 0.717) is 24.0 Å². The normalized spacial score (nSPS) is 11.4. The molecule has 0 aliphatic carbocycles. The second kappa shape index (κ2) is 7.75. The van der Waals surface area contributed by atoms with Crippen molar-refractivity contribution in [2.45, 2.75) is 12.8 Å². The zero-order valence-electron chi connectivity index (χ0n) is 10.3. The first kappa shape index (κ1) is 15.5. The molecule has 0 aromatic heterocycles. The van der Waals surface area contributed by atoms with E-state index in [-0.39, 0.29) is 17.9 Å². The number of nitrogens with zero attached hydrogens (tertiary/aromatic N) is 1. The third kappa shape index (κ3) is 4.88. The number of halogens is 1. The predicted molar refractivity (Wildman–Crippen MR) is 75.4 cm³/mol. The highest BCUT2D eigenvalue weighted by molar-refractivity contribution is 9.10. The number of nitrogens with one attached hydrogen (secondary N) is 1. The molecule has 7 heteroatoms. The molecule has 0 radical (unpaired) electrons. The Morgan fingerprint density at radius 2 is 2.21 bits per heavy atom. The van der Waals surface area contributed by atoms with Crippen molar-refractivity contribution in [1.82, 2.24) is 5.32 Å². The van der Waals surface area contributed by atoms with Crippen molar-refractivity contribution in [1.29, 1.82) is 0 Å². The number of nitrogens with two attached hydrogens (primary N) is 1. The Balaban J connectivity index is 2.66. The van der Waals surface area contributed by atoms with Crippen LogP contribution in [0.2, 0.25) is 0 Å². The highest BCUT2D eigenvalue weighted by Gasteiger charge is 2.13. The topological polar surface area (TPSA) is 108 Å². The fourth-order valence-electron chi connectivity index (χ4n) is 1.42. The Morgan fingerprint density at radius 1 is 1.47 bits per heavy atom. The Bertz CT molecular complexity index is 477. The SMILES string of the molecule is NCCCNC(=O)/C(Cc1ccc(O)c(Br)c1)=N/O. The molecule has 0 saturated carbocycles. The molecular formula is C12H16BrN3O3. The van der Waals surface area contributed by atoms with Gasteiger partial charge in [0.25, 0.3) is 5.91 Å². The molecule has 6 nitrogen and oxygen atoms in total. The third-order valence-corrected chi connectivity index (χ3v) is 3.07.